The second-order valence-corrected chi connectivity index (χ2v) is 4.30. The van der Waals surface area contributed by atoms with Crippen LogP contribution in [-0.4, -0.2) is 36.1 Å². The first-order chi connectivity index (χ1) is 7.74. The number of thioether (sulfide) groups is 1. The molecule has 0 aliphatic carbocycles. The van der Waals surface area contributed by atoms with Gasteiger partial charge >= 0.3 is 6.03 Å². The van der Waals surface area contributed by atoms with E-state index in [1.165, 1.54) is 0 Å². The summed E-state index contributed by atoms with van der Waals surface area (Å²) in [5.41, 5.74) is 0.919. The molecule has 2 rings (SSSR count). The molecular formula is C11H13N3OS. The Kier molecular flexibility index (Phi) is 3.14. The lowest BCUT2D eigenvalue weighted by atomic mass is 10.3. The number of carbonyl (C=O) groups excluding carboxylic acids is 1. The average Bonchev–Trinajstić information content (AvgIpc) is 2.34. The van der Waals surface area contributed by atoms with Crippen molar-refractivity contribution in [2.45, 2.75) is 0 Å². The van der Waals surface area contributed by atoms with Crippen molar-refractivity contribution in [3.63, 3.8) is 0 Å². The summed E-state index contributed by atoms with van der Waals surface area (Å²) in [6.45, 7) is 0. The molecule has 1 aromatic carbocycles. The molecule has 0 N–H and O–H groups in total. The van der Waals surface area contributed by atoms with Gasteiger partial charge in [-0.2, -0.15) is 0 Å². The predicted molar refractivity (Wildman–Crippen MR) is 67.9 cm³/mol. The molecule has 0 atom stereocenters. The lowest BCUT2D eigenvalue weighted by Gasteiger charge is -2.33. The number of urea groups is 1. The second kappa shape index (κ2) is 4.57. The highest BCUT2D eigenvalue weighted by molar-refractivity contribution is 8.14. The van der Waals surface area contributed by atoms with Crippen LogP contribution in [0.15, 0.2) is 35.3 Å². The molecule has 1 aliphatic rings. The summed E-state index contributed by atoms with van der Waals surface area (Å²) in [6.07, 6.45) is 0. The molecule has 0 bridgehead atoms. The Labute approximate surface area is 98.9 Å². The Bertz CT molecular complexity index is 418. The van der Waals surface area contributed by atoms with Gasteiger partial charge in [0, 0.05) is 19.8 Å². The molecule has 0 unspecified atom stereocenters. The Hall–Kier alpha value is -1.49. The molecule has 2 amide bonds. The fourth-order valence-corrected chi connectivity index (χ4v) is 2.45. The maximum absolute atomic E-state index is 12.1. The SMILES string of the molecule is CN=C1SCN(c2ccccc2)C(=O)N1C. The van der Waals surface area contributed by atoms with Crippen LogP contribution < -0.4 is 4.90 Å². The maximum atomic E-state index is 12.1. The first-order valence-electron chi connectivity index (χ1n) is 4.94. The predicted octanol–water partition coefficient (Wildman–Crippen LogP) is 2.23. The van der Waals surface area contributed by atoms with Gasteiger partial charge < -0.3 is 0 Å². The number of anilines is 1. The minimum Gasteiger partial charge on any atom is -0.284 e. The zero-order valence-electron chi connectivity index (χ0n) is 9.25. The summed E-state index contributed by atoms with van der Waals surface area (Å²) in [7, 11) is 3.44. The minimum absolute atomic E-state index is 0.0365. The van der Waals surface area contributed by atoms with E-state index >= 15 is 0 Å². The molecule has 16 heavy (non-hydrogen) atoms. The van der Waals surface area contributed by atoms with Crippen LogP contribution in [0.25, 0.3) is 0 Å². The number of amides is 2. The normalized spacial score (nSPS) is 19.4. The van der Waals surface area contributed by atoms with Crippen molar-refractivity contribution in [1.29, 1.82) is 0 Å². The molecule has 4 nitrogen and oxygen atoms in total. The van der Waals surface area contributed by atoms with Crippen molar-refractivity contribution >= 4 is 28.6 Å². The van der Waals surface area contributed by atoms with E-state index in [0.29, 0.717) is 5.88 Å². The summed E-state index contributed by atoms with van der Waals surface area (Å²) >= 11 is 1.56. The van der Waals surface area contributed by atoms with Crippen LogP contribution in [0.5, 0.6) is 0 Å². The molecular weight excluding hydrogens is 222 g/mol. The maximum Gasteiger partial charge on any atom is 0.331 e. The Morgan fingerprint density at radius 2 is 2.00 bits per heavy atom. The van der Waals surface area contributed by atoms with Crippen molar-refractivity contribution in [3.8, 4) is 0 Å². The van der Waals surface area contributed by atoms with E-state index in [2.05, 4.69) is 4.99 Å². The van der Waals surface area contributed by atoms with Gasteiger partial charge in [-0.3, -0.25) is 14.8 Å². The zero-order valence-corrected chi connectivity index (χ0v) is 10.1. The Morgan fingerprint density at radius 1 is 1.31 bits per heavy atom. The van der Waals surface area contributed by atoms with E-state index in [0.717, 1.165) is 10.9 Å². The third kappa shape index (κ3) is 1.90. The zero-order chi connectivity index (χ0) is 11.5. The number of aliphatic imine (C=N–C) groups is 1. The topological polar surface area (TPSA) is 35.9 Å². The van der Waals surface area contributed by atoms with E-state index in [-0.39, 0.29) is 6.03 Å². The van der Waals surface area contributed by atoms with Gasteiger partial charge in [0.25, 0.3) is 0 Å². The van der Waals surface area contributed by atoms with Crippen LogP contribution in [0.4, 0.5) is 10.5 Å². The van der Waals surface area contributed by atoms with Crippen molar-refractivity contribution in [2.75, 3.05) is 24.9 Å². The number of rotatable bonds is 1. The van der Waals surface area contributed by atoms with E-state index in [1.807, 2.05) is 30.3 Å². The number of carbonyl (C=O) groups is 1. The monoisotopic (exact) mass is 235 g/mol. The Morgan fingerprint density at radius 3 is 2.62 bits per heavy atom. The van der Waals surface area contributed by atoms with E-state index in [9.17, 15) is 4.79 Å². The number of hydrogen-bond donors (Lipinski definition) is 0. The molecule has 1 saturated heterocycles. The lowest BCUT2D eigenvalue weighted by molar-refractivity contribution is 0.233. The van der Waals surface area contributed by atoms with Gasteiger partial charge in [-0.05, 0) is 12.1 Å². The number of benzene rings is 1. The van der Waals surface area contributed by atoms with E-state index in [4.69, 9.17) is 0 Å². The highest BCUT2D eigenvalue weighted by Crippen LogP contribution is 2.24. The van der Waals surface area contributed by atoms with E-state index < -0.39 is 0 Å². The van der Waals surface area contributed by atoms with Crippen molar-refractivity contribution in [3.05, 3.63) is 30.3 Å². The van der Waals surface area contributed by atoms with Gasteiger partial charge in [0.1, 0.15) is 0 Å². The molecule has 84 valence electrons. The number of para-hydroxylation sites is 1. The highest BCUT2D eigenvalue weighted by Gasteiger charge is 2.28. The average molecular weight is 235 g/mol. The molecule has 0 aromatic heterocycles. The summed E-state index contributed by atoms with van der Waals surface area (Å²) < 4.78 is 0. The summed E-state index contributed by atoms with van der Waals surface area (Å²) in [6, 6.07) is 9.62. The van der Waals surface area contributed by atoms with Crippen LogP contribution >= 0.6 is 11.8 Å². The van der Waals surface area contributed by atoms with Crippen LogP contribution in [0.3, 0.4) is 0 Å². The highest BCUT2D eigenvalue weighted by atomic mass is 32.2. The van der Waals surface area contributed by atoms with Crippen LogP contribution in [0, 0.1) is 0 Å². The lowest BCUT2D eigenvalue weighted by Crippen LogP contribution is -2.48. The number of nitrogens with zero attached hydrogens (tertiary/aromatic N) is 3. The molecule has 1 aromatic rings. The van der Waals surface area contributed by atoms with Crippen molar-refractivity contribution in [1.82, 2.24) is 4.90 Å². The fourth-order valence-electron chi connectivity index (χ4n) is 1.54. The third-order valence-electron chi connectivity index (χ3n) is 2.39. The Balaban J connectivity index is 2.24. The van der Waals surface area contributed by atoms with Gasteiger partial charge in [0.05, 0.1) is 5.88 Å². The van der Waals surface area contributed by atoms with Crippen LogP contribution in [0.1, 0.15) is 0 Å². The van der Waals surface area contributed by atoms with Gasteiger partial charge in [0.15, 0.2) is 5.17 Å². The second-order valence-electron chi connectivity index (χ2n) is 3.38. The molecule has 1 fully saturated rings. The largest absolute Gasteiger partial charge is 0.331 e. The molecule has 0 radical (unpaired) electrons. The van der Waals surface area contributed by atoms with E-state index in [1.54, 1.807) is 35.7 Å². The fraction of sp³-hybridized carbons (Fsp3) is 0.273. The molecule has 1 aliphatic heterocycles. The van der Waals surface area contributed by atoms with Gasteiger partial charge in [-0.25, -0.2) is 4.79 Å². The number of amidine groups is 1. The first-order valence-corrected chi connectivity index (χ1v) is 5.92. The first kappa shape index (κ1) is 11.0. The quantitative estimate of drug-likeness (QED) is 0.748. The summed E-state index contributed by atoms with van der Waals surface area (Å²) in [4.78, 5) is 19.4. The van der Waals surface area contributed by atoms with Gasteiger partial charge in [-0.15, -0.1) is 0 Å². The van der Waals surface area contributed by atoms with Crippen LogP contribution in [-0.2, 0) is 0 Å². The third-order valence-corrected chi connectivity index (χ3v) is 3.49. The van der Waals surface area contributed by atoms with Crippen molar-refractivity contribution < 1.29 is 4.79 Å². The van der Waals surface area contributed by atoms with Crippen molar-refractivity contribution in [2.24, 2.45) is 4.99 Å². The standard InChI is InChI=1S/C11H13N3OS/c1-12-10-13(2)11(15)14(8-16-10)9-6-4-3-5-7-9/h3-7H,8H2,1-2H3. The number of hydrogen-bond acceptors (Lipinski definition) is 3. The van der Waals surface area contributed by atoms with Crippen LogP contribution in [0.2, 0.25) is 0 Å². The molecule has 0 saturated carbocycles. The van der Waals surface area contributed by atoms with Gasteiger partial charge in [-0.1, -0.05) is 30.0 Å². The van der Waals surface area contributed by atoms with Gasteiger partial charge in [0.2, 0.25) is 0 Å². The smallest absolute Gasteiger partial charge is 0.284 e. The molecule has 5 heteroatoms. The summed E-state index contributed by atoms with van der Waals surface area (Å²) in [5.74, 6) is 0.611. The minimum atomic E-state index is -0.0365. The molecule has 0 spiro atoms. The molecule has 1 heterocycles. The summed E-state index contributed by atoms with van der Waals surface area (Å²) in [5, 5.41) is 0.761.